The highest BCUT2D eigenvalue weighted by atomic mass is 35.5. The number of carbonyl (C=O) groups is 2. The van der Waals surface area contributed by atoms with Gasteiger partial charge in [0.2, 0.25) is 0 Å². The lowest BCUT2D eigenvalue weighted by atomic mass is 9.97. The van der Waals surface area contributed by atoms with E-state index in [2.05, 4.69) is 20.3 Å². The molecule has 1 aliphatic rings. The third-order valence-corrected chi connectivity index (χ3v) is 6.76. The maximum atomic E-state index is 13.4. The van der Waals surface area contributed by atoms with Gasteiger partial charge in [0.1, 0.15) is 0 Å². The Labute approximate surface area is 206 Å². The molecule has 1 saturated heterocycles. The summed E-state index contributed by atoms with van der Waals surface area (Å²) in [4.78, 5) is 36.0. The first-order valence-corrected chi connectivity index (χ1v) is 12.2. The Morgan fingerprint density at radius 1 is 1.12 bits per heavy atom. The van der Waals surface area contributed by atoms with Crippen LogP contribution in [0.3, 0.4) is 0 Å². The number of ether oxygens (including phenoxy) is 1. The van der Waals surface area contributed by atoms with E-state index in [9.17, 15) is 9.59 Å². The van der Waals surface area contributed by atoms with Crippen LogP contribution in [0.4, 0.5) is 0 Å². The topological polar surface area (TPSA) is 103 Å². The number of aryl methyl sites for hydroxylation is 2. The number of esters is 1. The van der Waals surface area contributed by atoms with Crippen LogP contribution in [-0.4, -0.2) is 61.9 Å². The van der Waals surface area contributed by atoms with Crippen LogP contribution >= 0.6 is 23.4 Å². The number of piperidine rings is 1. The standard InChI is InChI=1S/C23H25ClN6O3S/c1-14-12-15(2)26-23(25-14)34-13-19-20(27-28-30(19)18-6-4-17(24)5-7-18)21(31)29-10-8-16(9-11-29)22(32)33-3/h4-7,12,16H,8-11,13H2,1-3H3. The number of aromatic nitrogens is 5. The largest absolute Gasteiger partial charge is 0.469 e. The van der Waals surface area contributed by atoms with E-state index in [0.717, 1.165) is 17.1 Å². The van der Waals surface area contributed by atoms with Gasteiger partial charge >= 0.3 is 5.97 Å². The second-order valence-corrected chi connectivity index (χ2v) is 9.46. The van der Waals surface area contributed by atoms with Gasteiger partial charge < -0.3 is 9.64 Å². The van der Waals surface area contributed by atoms with Crippen molar-refractivity contribution in [3.05, 3.63) is 58.1 Å². The van der Waals surface area contributed by atoms with Gasteiger partial charge in [-0.3, -0.25) is 9.59 Å². The molecule has 0 N–H and O–H groups in total. The first-order valence-electron chi connectivity index (χ1n) is 10.9. The first-order chi connectivity index (χ1) is 16.4. The Hall–Kier alpha value is -2.98. The molecule has 0 radical (unpaired) electrons. The van der Waals surface area contributed by atoms with Gasteiger partial charge in [-0.15, -0.1) is 5.10 Å². The molecule has 0 saturated carbocycles. The molecule has 0 atom stereocenters. The first kappa shape index (κ1) is 24.2. The van der Waals surface area contributed by atoms with E-state index in [0.29, 0.717) is 47.6 Å². The monoisotopic (exact) mass is 500 g/mol. The molecule has 3 heterocycles. The minimum atomic E-state index is -0.230. The maximum absolute atomic E-state index is 13.4. The molecular formula is C23H25ClN6O3S. The zero-order valence-corrected chi connectivity index (χ0v) is 20.8. The van der Waals surface area contributed by atoms with Gasteiger partial charge in [0.25, 0.3) is 5.91 Å². The van der Waals surface area contributed by atoms with Crippen LogP contribution in [0.1, 0.15) is 40.4 Å². The van der Waals surface area contributed by atoms with Crippen molar-refractivity contribution in [2.45, 2.75) is 37.6 Å². The fourth-order valence-corrected chi connectivity index (χ4v) is 4.98. The van der Waals surface area contributed by atoms with E-state index in [-0.39, 0.29) is 23.5 Å². The molecule has 178 valence electrons. The number of nitrogens with zero attached hydrogens (tertiary/aromatic N) is 6. The predicted molar refractivity (Wildman–Crippen MR) is 128 cm³/mol. The summed E-state index contributed by atoms with van der Waals surface area (Å²) in [5.74, 6) is -0.222. The maximum Gasteiger partial charge on any atom is 0.308 e. The van der Waals surface area contributed by atoms with Crippen molar-refractivity contribution in [3.8, 4) is 5.69 Å². The van der Waals surface area contributed by atoms with E-state index >= 15 is 0 Å². The van der Waals surface area contributed by atoms with Crippen LogP contribution in [0.15, 0.2) is 35.5 Å². The summed E-state index contributed by atoms with van der Waals surface area (Å²) in [7, 11) is 1.39. The van der Waals surface area contributed by atoms with Crippen LogP contribution in [0.2, 0.25) is 5.02 Å². The molecule has 2 aromatic heterocycles. The van der Waals surface area contributed by atoms with Crippen LogP contribution in [0, 0.1) is 19.8 Å². The molecule has 1 amide bonds. The summed E-state index contributed by atoms with van der Waals surface area (Å²) in [6.07, 6.45) is 1.12. The predicted octanol–water partition coefficient (Wildman–Crippen LogP) is 3.65. The molecule has 11 heteroatoms. The van der Waals surface area contributed by atoms with Crippen molar-refractivity contribution in [2.75, 3.05) is 20.2 Å². The van der Waals surface area contributed by atoms with Crippen molar-refractivity contribution in [2.24, 2.45) is 5.92 Å². The number of thioether (sulfide) groups is 1. The normalized spacial score (nSPS) is 14.3. The fourth-order valence-electron chi connectivity index (χ4n) is 3.91. The fraction of sp³-hybridized carbons (Fsp3) is 0.391. The number of methoxy groups -OCH3 is 1. The Morgan fingerprint density at radius 3 is 2.38 bits per heavy atom. The van der Waals surface area contributed by atoms with Gasteiger partial charge in [-0.25, -0.2) is 14.6 Å². The molecule has 0 unspecified atom stereocenters. The molecule has 1 aliphatic heterocycles. The van der Waals surface area contributed by atoms with Crippen LogP contribution < -0.4 is 0 Å². The molecule has 1 aromatic carbocycles. The zero-order valence-electron chi connectivity index (χ0n) is 19.2. The number of halogens is 1. The van der Waals surface area contributed by atoms with Crippen molar-refractivity contribution >= 4 is 35.2 Å². The third-order valence-electron chi connectivity index (χ3n) is 5.65. The minimum Gasteiger partial charge on any atom is -0.469 e. The van der Waals surface area contributed by atoms with E-state index in [4.69, 9.17) is 16.3 Å². The van der Waals surface area contributed by atoms with Crippen molar-refractivity contribution < 1.29 is 14.3 Å². The number of rotatable bonds is 6. The van der Waals surface area contributed by atoms with Crippen molar-refractivity contribution in [1.82, 2.24) is 29.9 Å². The van der Waals surface area contributed by atoms with Gasteiger partial charge in [0, 0.05) is 35.3 Å². The molecule has 0 spiro atoms. The highest BCUT2D eigenvalue weighted by Gasteiger charge is 2.31. The van der Waals surface area contributed by atoms with E-state index in [1.807, 2.05) is 32.0 Å². The third kappa shape index (κ3) is 5.39. The molecule has 9 nitrogen and oxygen atoms in total. The highest BCUT2D eigenvalue weighted by molar-refractivity contribution is 7.98. The lowest BCUT2D eigenvalue weighted by Gasteiger charge is -2.30. The summed E-state index contributed by atoms with van der Waals surface area (Å²) >= 11 is 7.47. The molecule has 3 aromatic rings. The number of benzene rings is 1. The second-order valence-electron chi connectivity index (χ2n) is 8.08. The summed E-state index contributed by atoms with van der Waals surface area (Å²) in [5, 5.41) is 9.76. The van der Waals surface area contributed by atoms with Gasteiger partial charge in [0.15, 0.2) is 10.9 Å². The summed E-state index contributed by atoms with van der Waals surface area (Å²) in [6.45, 7) is 4.76. The Kier molecular flexibility index (Phi) is 7.47. The van der Waals surface area contributed by atoms with Gasteiger partial charge in [-0.05, 0) is 57.0 Å². The Balaban J connectivity index is 1.61. The van der Waals surface area contributed by atoms with E-state index < -0.39 is 0 Å². The van der Waals surface area contributed by atoms with Crippen LogP contribution in [0.25, 0.3) is 5.69 Å². The molecule has 4 rings (SSSR count). The second kappa shape index (κ2) is 10.5. The molecule has 0 aliphatic carbocycles. The van der Waals surface area contributed by atoms with Crippen LogP contribution in [0.5, 0.6) is 0 Å². The van der Waals surface area contributed by atoms with Gasteiger partial charge in [-0.1, -0.05) is 28.6 Å². The molecular weight excluding hydrogens is 476 g/mol. The zero-order chi connectivity index (χ0) is 24.2. The quantitative estimate of drug-likeness (QED) is 0.287. The summed E-state index contributed by atoms with van der Waals surface area (Å²) < 4.78 is 6.50. The average molecular weight is 501 g/mol. The van der Waals surface area contributed by atoms with E-state index in [1.165, 1.54) is 18.9 Å². The highest BCUT2D eigenvalue weighted by Crippen LogP contribution is 2.26. The van der Waals surface area contributed by atoms with E-state index in [1.54, 1.807) is 21.7 Å². The number of hydrogen-bond donors (Lipinski definition) is 0. The number of amides is 1. The summed E-state index contributed by atoms with van der Waals surface area (Å²) in [5.41, 5.74) is 3.43. The van der Waals surface area contributed by atoms with Gasteiger partial charge in [0.05, 0.1) is 24.4 Å². The SMILES string of the molecule is COC(=O)C1CCN(C(=O)c2nnn(-c3ccc(Cl)cc3)c2CSc2nc(C)cc(C)n2)CC1. The number of carbonyl (C=O) groups excluding carboxylic acids is 2. The van der Waals surface area contributed by atoms with Crippen molar-refractivity contribution in [1.29, 1.82) is 0 Å². The Bertz CT molecular complexity index is 1170. The van der Waals surface area contributed by atoms with Crippen molar-refractivity contribution in [3.63, 3.8) is 0 Å². The molecule has 1 fully saturated rings. The molecule has 0 bridgehead atoms. The van der Waals surface area contributed by atoms with Crippen LogP contribution in [-0.2, 0) is 15.3 Å². The number of likely N-dealkylation sites (tertiary alicyclic amines) is 1. The smallest absolute Gasteiger partial charge is 0.308 e. The lowest BCUT2D eigenvalue weighted by molar-refractivity contribution is -0.146. The Morgan fingerprint density at radius 2 is 1.76 bits per heavy atom. The lowest BCUT2D eigenvalue weighted by Crippen LogP contribution is -2.41. The number of hydrogen-bond acceptors (Lipinski definition) is 8. The minimum absolute atomic E-state index is 0.185. The average Bonchev–Trinajstić information content (AvgIpc) is 3.25. The summed E-state index contributed by atoms with van der Waals surface area (Å²) in [6, 6.07) is 9.10. The van der Waals surface area contributed by atoms with Gasteiger partial charge in [-0.2, -0.15) is 0 Å². The molecule has 34 heavy (non-hydrogen) atoms.